The molecule has 0 radical (unpaired) electrons. The molecular weight excluding hydrogens is 310 g/mol. The molecule has 3 heterocycles. The Kier molecular flexibility index (Phi) is 4.24. The number of nitrogens with one attached hydrogen (secondary N) is 2. The van der Waals surface area contributed by atoms with E-state index in [-0.39, 0.29) is 17.4 Å². The Hall–Kier alpha value is -2.83. The van der Waals surface area contributed by atoms with Crippen LogP contribution in [0.25, 0.3) is 11.5 Å². The number of furan rings is 1. The van der Waals surface area contributed by atoms with Gasteiger partial charge < -0.3 is 19.6 Å². The minimum absolute atomic E-state index is 0.0191. The first-order chi connectivity index (χ1) is 11.5. The molecule has 1 aliphatic heterocycles. The number of nitrogens with zero attached hydrogens (tertiary/aromatic N) is 1. The third-order valence-electron chi connectivity index (χ3n) is 4.08. The van der Waals surface area contributed by atoms with Gasteiger partial charge in [-0.1, -0.05) is 13.8 Å². The number of rotatable bonds is 3. The Morgan fingerprint density at radius 3 is 2.71 bits per heavy atom. The molecule has 0 bridgehead atoms. The van der Waals surface area contributed by atoms with Gasteiger partial charge in [-0.15, -0.1) is 0 Å². The average Bonchev–Trinajstić information content (AvgIpc) is 3.08. The number of carbonyl (C=O) groups excluding carboxylic acids is 2. The number of piperazine rings is 1. The molecule has 1 unspecified atom stereocenters. The van der Waals surface area contributed by atoms with Crippen LogP contribution in [0.2, 0.25) is 0 Å². The van der Waals surface area contributed by atoms with Crippen LogP contribution >= 0.6 is 0 Å². The molecule has 1 fully saturated rings. The molecule has 126 valence electrons. The van der Waals surface area contributed by atoms with E-state index in [2.05, 4.69) is 10.3 Å². The fraction of sp³-hybridized carbons (Fsp3) is 0.353. The highest BCUT2D eigenvalue weighted by Crippen LogP contribution is 2.18. The molecule has 7 nitrogen and oxygen atoms in total. The van der Waals surface area contributed by atoms with Gasteiger partial charge in [-0.25, -0.2) is 0 Å². The molecule has 0 saturated carbocycles. The van der Waals surface area contributed by atoms with Gasteiger partial charge in [0.1, 0.15) is 17.4 Å². The van der Waals surface area contributed by atoms with Crippen LogP contribution in [0.1, 0.15) is 24.2 Å². The molecule has 1 aliphatic rings. The maximum Gasteiger partial charge on any atom is 0.261 e. The van der Waals surface area contributed by atoms with Gasteiger partial charge in [0.2, 0.25) is 5.91 Å². The fourth-order valence-corrected chi connectivity index (χ4v) is 2.95. The number of aromatic nitrogens is 1. The zero-order valence-corrected chi connectivity index (χ0v) is 13.5. The first-order valence-electron chi connectivity index (χ1n) is 7.85. The Bertz CT molecular complexity index is 807. The Morgan fingerprint density at radius 1 is 1.29 bits per heavy atom. The van der Waals surface area contributed by atoms with E-state index in [0.717, 1.165) is 0 Å². The topological polar surface area (TPSA) is 95.4 Å². The zero-order chi connectivity index (χ0) is 17.3. The number of aromatic amines is 1. The number of hydrogen-bond acceptors (Lipinski definition) is 4. The van der Waals surface area contributed by atoms with E-state index in [1.54, 1.807) is 18.2 Å². The standard InChI is InChI=1S/C17H19N3O4/c1-10(2)14-16(22)18-7-8-20(14)17(23)11-5-6-12(19-15(11)21)13-4-3-9-24-13/h3-6,9-10,14H,7-8H2,1-2H3,(H,18,22)(H,19,21). The van der Waals surface area contributed by atoms with Gasteiger partial charge in [0.15, 0.2) is 0 Å². The molecule has 0 spiro atoms. The second kappa shape index (κ2) is 6.35. The van der Waals surface area contributed by atoms with Crippen molar-refractivity contribution in [1.29, 1.82) is 0 Å². The Labute approximate surface area is 138 Å². The summed E-state index contributed by atoms with van der Waals surface area (Å²) >= 11 is 0. The second-order valence-corrected chi connectivity index (χ2v) is 6.07. The number of H-pyrrole nitrogens is 1. The van der Waals surface area contributed by atoms with E-state index in [1.807, 2.05) is 13.8 Å². The minimum atomic E-state index is -0.574. The predicted molar refractivity (Wildman–Crippen MR) is 87.4 cm³/mol. The lowest BCUT2D eigenvalue weighted by atomic mass is 9.98. The highest BCUT2D eigenvalue weighted by molar-refractivity contribution is 5.98. The smallest absolute Gasteiger partial charge is 0.261 e. The van der Waals surface area contributed by atoms with Gasteiger partial charge in [-0.05, 0) is 30.2 Å². The van der Waals surface area contributed by atoms with E-state index >= 15 is 0 Å². The number of carbonyl (C=O) groups is 2. The van der Waals surface area contributed by atoms with Gasteiger partial charge in [0, 0.05) is 13.1 Å². The van der Waals surface area contributed by atoms with Crippen molar-refractivity contribution in [3.8, 4) is 11.5 Å². The van der Waals surface area contributed by atoms with E-state index in [0.29, 0.717) is 24.5 Å². The van der Waals surface area contributed by atoms with Crippen molar-refractivity contribution < 1.29 is 14.0 Å². The van der Waals surface area contributed by atoms with Crippen LogP contribution in [0.5, 0.6) is 0 Å². The van der Waals surface area contributed by atoms with E-state index in [9.17, 15) is 14.4 Å². The monoisotopic (exact) mass is 329 g/mol. The quantitative estimate of drug-likeness (QED) is 0.885. The second-order valence-electron chi connectivity index (χ2n) is 6.07. The molecule has 2 aromatic heterocycles. The minimum Gasteiger partial charge on any atom is -0.463 e. The maximum atomic E-state index is 12.8. The van der Waals surface area contributed by atoms with Gasteiger partial charge >= 0.3 is 0 Å². The lowest BCUT2D eigenvalue weighted by Crippen LogP contribution is -2.59. The van der Waals surface area contributed by atoms with Crippen molar-refractivity contribution >= 4 is 11.8 Å². The first kappa shape index (κ1) is 16.0. The highest BCUT2D eigenvalue weighted by Gasteiger charge is 2.36. The van der Waals surface area contributed by atoms with Crippen LogP contribution in [0.3, 0.4) is 0 Å². The molecule has 1 atom stereocenters. The molecule has 0 aromatic carbocycles. The summed E-state index contributed by atoms with van der Waals surface area (Å²) in [5.41, 5.74) is 0.0198. The summed E-state index contributed by atoms with van der Waals surface area (Å²) in [7, 11) is 0. The van der Waals surface area contributed by atoms with Gasteiger partial charge in [0.05, 0.1) is 12.0 Å². The Balaban J connectivity index is 1.92. The van der Waals surface area contributed by atoms with Crippen molar-refractivity contribution in [2.45, 2.75) is 19.9 Å². The van der Waals surface area contributed by atoms with Crippen LogP contribution in [0.15, 0.2) is 39.7 Å². The zero-order valence-electron chi connectivity index (χ0n) is 13.5. The van der Waals surface area contributed by atoms with Crippen molar-refractivity contribution in [3.63, 3.8) is 0 Å². The first-order valence-corrected chi connectivity index (χ1v) is 7.85. The Morgan fingerprint density at radius 2 is 2.08 bits per heavy atom. The molecule has 2 N–H and O–H groups in total. The molecule has 0 aliphatic carbocycles. The van der Waals surface area contributed by atoms with E-state index in [4.69, 9.17) is 4.42 Å². The summed E-state index contributed by atoms with van der Waals surface area (Å²) in [6.45, 7) is 4.52. The summed E-state index contributed by atoms with van der Waals surface area (Å²) in [4.78, 5) is 41.3. The predicted octanol–water partition coefficient (Wildman–Crippen LogP) is 1.23. The molecule has 24 heavy (non-hydrogen) atoms. The van der Waals surface area contributed by atoms with Crippen LogP contribution in [0, 0.1) is 5.92 Å². The molecular formula is C17H19N3O4. The molecule has 3 rings (SSSR count). The van der Waals surface area contributed by atoms with Crippen molar-refractivity contribution in [1.82, 2.24) is 15.2 Å². The van der Waals surface area contributed by atoms with Crippen LogP contribution in [-0.2, 0) is 4.79 Å². The van der Waals surface area contributed by atoms with Crippen molar-refractivity contribution in [2.24, 2.45) is 5.92 Å². The number of amides is 2. The van der Waals surface area contributed by atoms with Crippen LogP contribution in [-0.4, -0.2) is 40.8 Å². The fourth-order valence-electron chi connectivity index (χ4n) is 2.95. The lowest BCUT2D eigenvalue weighted by Gasteiger charge is -2.37. The number of pyridine rings is 1. The third-order valence-corrected chi connectivity index (χ3v) is 4.08. The summed E-state index contributed by atoms with van der Waals surface area (Å²) in [6.07, 6.45) is 1.51. The summed E-state index contributed by atoms with van der Waals surface area (Å²) in [5.74, 6) is -0.150. The summed E-state index contributed by atoms with van der Waals surface area (Å²) < 4.78 is 5.24. The largest absolute Gasteiger partial charge is 0.463 e. The maximum absolute atomic E-state index is 12.8. The molecule has 2 aromatic rings. The van der Waals surface area contributed by atoms with Gasteiger partial charge in [-0.3, -0.25) is 14.4 Å². The molecule has 2 amide bonds. The average molecular weight is 329 g/mol. The SMILES string of the molecule is CC(C)C1C(=O)NCCN1C(=O)c1ccc(-c2ccco2)[nH]c1=O. The third kappa shape index (κ3) is 2.84. The number of hydrogen-bond donors (Lipinski definition) is 2. The van der Waals surface area contributed by atoms with Gasteiger partial charge in [0.25, 0.3) is 11.5 Å². The van der Waals surface area contributed by atoms with Crippen molar-refractivity contribution in [2.75, 3.05) is 13.1 Å². The van der Waals surface area contributed by atoms with Crippen LogP contribution < -0.4 is 10.9 Å². The van der Waals surface area contributed by atoms with E-state index in [1.165, 1.54) is 17.2 Å². The normalized spacial score (nSPS) is 17.9. The molecule has 1 saturated heterocycles. The highest BCUT2D eigenvalue weighted by atomic mass is 16.3. The van der Waals surface area contributed by atoms with Crippen molar-refractivity contribution in [3.05, 3.63) is 46.4 Å². The van der Waals surface area contributed by atoms with Crippen LogP contribution in [0.4, 0.5) is 0 Å². The molecule has 7 heteroatoms. The summed E-state index contributed by atoms with van der Waals surface area (Å²) in [6, 6.07) is 5.96. The van der Waals surface area contributed by atoms with Gasteiger partial charge in [-0.2, -0.15) is 0 Å². The lowest BCUT2D eigenvalue weighted by molar-refractivity contribution is -0.129. The van der Waals surface area contributed by atoms with E-state index < -0.39 is 17.5 Å². The summed E-state index contributed by atoms with van der Waals surface area (Å²) in [5, 5.41) is 2.76.